The van der Waals surface area contributed by atoms with Crippen LogP contribution in [0, 0.1) is 6.92 Å². The molecule has 0 bridgehead atoms. The molecule has 0 saturated carbocycles. The SMILES string of the molecule is COc1ccc(Cn2ccc(C)n2)cc1B(O)O. The number of benzene rings is 1. The van der Waals surface area contributed by atoms with Crippen molar-refractivity contribution in [3.8, 4) is 5.75 Å². The molecule has 1 heterocycles. The third-order valence-electron chi connectivity index (χ3n) is 2.69. The van der Waals surface area contributed by atoms with Crippen LogP contribution in [0.1, 0.15) is 11.3 Å². The highest BCUT2D eigenvalue weighted by Gasteiger charge is 2.17. The molecule has 1 aromatic heterocycles. The average molecular weight is 246 g/mol. The molecule has 94 valence electrons. The van der Waals surface area contributed by atoms with Crippen molar-refractivity contribution >= 4 is 12.6 Å². The summed E-state index contributed by atoms with van der Waals surface area (Å²) in [5.41, 5.74) is 2.24. The van der Waals surface area contributed by atoms with Crippen molar-refractivity contribution in [2.75, 3.05) is 7.11 Å². The van der Waals surface area contributed by atoms with E-state index in [0.29, 0.717) is 17.8 Å². The van der Waals surface area contributed by atoms with Crippen LogP contribution in [0.2, 0.25) is 0 Å². The molecular formula is C12H15BN2O3. The zero-order valence-electron chi connectivity index (χ0n) is 10.4. The van der Waals surface area contributed by atoms with Gasteiger partial charge in [-0.25, -0.2) is 0 Å². The van der Waals surface area contributed by atoms with Crippen LogP contribution in [0.3, 0.4) is 0 Å². The first-order chi connectivity index (χ1) is 8.60. The lowest BCUT2D eigenvalue weighted by Gasteiger charge is -2.10. The number of hydrogen-bond donors (Lipinski definition) is 2. The number of nitrogens with zero attached hydrogens (tertiary/aromatic N) is 2. The average Bonchev–Trinajstić information content (AvgIpc) is 2.74. The maximum absolute atomic E-state index is 9.28. The Balaban J connectivity index is 2.26. The van der Waals surface area contributed by atoms with Gasteiger partial charge in [0, 0.05) is 11.7 Å². The van der Waals surface area contributed by atoms with Crippen LogP contribution in [-0.2, 0) is 6.54 Å². The quantitative estimate of drug-likeness (QED) is 0.741. The van der Waals surface area contributed by atoms with Gasteiger partial charge in [-0.2, -0.15) is 5.10 Å². The molecule has 0 aliphatic rings. The van der Waals surface area contributed by atoms with Crippen molar-refractivity contribution in [3.63, 3.8) is 0 Å². The zero-order chi connectivity index (χ0) is 13.1. The largest absolute Gasteiger partial charge is 0.497 e. The van der Waals surface area contributed by atoms with Gasteiger partial charge in [-0.1, -0.05) is 12.1 Å². The van der Waals surface area contributed by atoms with Crippen LogP contribution in [-0.4, -0.2) is 34.1 Å². The Labute approximate surface area is 106 Å². The van der Waals surface area contributed by atoms with Gasteiger partial charge in [-0.15, -0.1) is 0 Å². The summed E-state index contributed by atoms with van der Waals surface area (Å²) in [6.07, 6.45) is 1.88. The first-order valence-electron chi connectivity index (χ1n) is 5.63. The van der Waals surface area contributed by atoms with Gasteiger partial charge in [-0.05, 0) is 24.6 Å². The number of hydrogen-bond acceptors (Lipinski definition) is 4. The Morgan fingerprint density at radius 3 is 2.67 bits per heavy atom. The topological polar surface area (TPSA) is 67.5 Å². The number of methoxy groups -OCH3 is 1. The molecule has 0 aliphatic heterocycles. The second-order valence-corrected chi connectivity index (χ2v) is 4.10. The third-order valence-corrected chi connectivity index (χ3v) is 2.69. The zero-order valence-corrected chi connectivity index (χ0v) is 10.4. The molecule has 0 fully saturated rings. The van der Waals surface area contributed by atoms with Crippen LogP contribution < -0.4 is 10.2 Å². The molecule has 0 saturated heterocycles. The summed E-state index contributed by atoms with van der Waals surface area (Å²) in [5.74, 6) is 0.463. The molecule has 0 unspecified atom stereocenters. The van der Waals surface area contributed by atoms with E-state index in [0.717, 1.165) is 11.3 Å². The van der Waals surface area contributed by atoms with Gasteiger partial charge in [0.05, 0.1) is 19.3 Å². The summed E-state index contributed by atoms with van der Waals surface area (Å²) in [7, 11) is -0.0446. The second kappa shape index (κ2) is 5.24. The summed E-state index contributed by atoms with van der Waals surface area (Å²) >= 11 is 0. The first-order valence-corrected chi connectivity index (χ1v) is 5.63. The van der Waals surface area contributed by atoms with Crippen LogP contribution in [0.5, 0.6) is 5.75 Å². The Hall–Kier alpha value is -1.79. The van der Waals surface area contributed by atoms with E-state index in [-0.39, 0.29) is 0 Å². The molecule has 18 heavy (non-hydrogen) atoms. The monoisotopic (exact) mass is 246 g/mol. The van der Waals surface area contributed by atoms with Gasteiger partial charge in [0.25, 0.3) is 0 Å². The summed E-state index contributed by atoms with van der Waals surface area (Å²) in [4.78, 5) is 0. The van der Waals surface area contributed by atoms with Crippen LogP contribution in [0.25, 0.3) is 0 Å². The van der Waals surface area contributed by atoms with Gasteiger partial charge >= 0.3 is 7.12 Å². The van der Waals surface area contributed by atoms with E-state index < -0.39 is 7.12 Å². The predicted octanol–water partition coefficient (Wildman–Crippen LogP) is -0.0718. The highest BCUT2D eigenvalue weighted by molar-refractivity contribution is 6.59. The highest BCUT2D eigenvalue weighted by atomic mass is 16.5. The van der Waals surface area contributed by atoms with Crippen molar-refractivity contribution in [2.24, 2.45) is 0 Å². The molecule has 0 amide bonds. The van der Waals surface area contributed by atoms with E-state index in [9.17, 15) is 10.0 Å². The van der Waals surface area contributed by atoms with Crippen LogP contribution in [0.4, 0.5) is 0 Å². The van der Waals surface area contributed by atoms with Crippen molar-refractivity contribution in [1.29, 1.82) is 0 Å². The van der Waals surface area contributed by atoms with Crippen LogP contribution >= 0.6 is 0 Å². The number of rotatable bonds is 4. The molecule has 2 aromatic rings. The van der Waals surface area contributed by atoms with Crippen molar-refractivity contribution in [3.05, 3.63) is 41.7 Å². The fraction of sp³-hybridized carbons (Fsp3) is 0.250. The minimum Gasteiger partial charge on any atom is -0.497 e. The third kappa shape index (κ3) is 2.72. The fourth-order valence-electron chi connectivity index (χ4n) is 1.82. The van der Waals surface area contributed by atoms with E-state index in [2.05, 4.69) is 5.10 Å². The van der Waals surface area contributed by atoms with E-state index in [1.807, 2.05) is 25.3 Å². The van der Waals surface area contributed by atoms with Crippen molar-refractivity contribution in [1.82, 2.24) is 9.78 Å². The Kier molecular flexibility index (Phi) is 3.69. The van der Waals surface area contributed by atoms with Crippen molar-refractivity contribution < 1.29 is 14.8 Å². The predicted molar refractivity (Wildman–Crippen MR) is 68.9 cm³/mol. The molecule has 2 N–H and O–H groups in total. The number of aromatic nitrogens is 2. The Bertz CT molecular complexity index is 540. The van der Waals surface area contributed by atoms with E-state index >= 15 is 0 Å². The molecule has 0 atom stereocenters. The number of aryl methyl sites for hydroxylation is 1. The summed E-state index contributed by atoms with van der Waals surface area (Å²) in [5, 5.41) is 22.9. The molecule has 0 aliphatic carbocycles. The molecule has 0 radical (unpaired) electrons. The maximum Gasteiger partial charge on any atom is 0.492 e. The van der Waals surface area contributed by atoms with Gasteiger partial charge in [0.15, 0.2) is 0 Å². The molecule has 1 aromatic carbocycles. The Morgan fingerprint density at radius 1 is 1.33 bits per heavy atom. The van der Waals surface area contributed by atoms with Crippen LogP contribution in [0.15, 0.2) is 30.5 Å². The Morgan fingerprint density at radius 2 is 2.11 bits per heavy atom. The summed E-state index contributed by atoms with van der Waals surface area (Å²) < 4.78 is 6.87. The maximum atomic E-state index is 9.28. The lowest BCUT2D eigenvalue weighted by Crippen LogP contribution is -2.31. The number of ether oxygens (including phenoxy) is 1. The lowest BCUT2D eigenvalue weighted by molar-refractivity contribution is 0.403. The van der Waals surface area contributed by atoms with Gasteiger partial charge < -0.3 is 14.8 Å². The normalized spacial score (nSPS) is 10.4. The molecule has 6 heteroatoms. The van der Waals surface area contributed by atoms with E-state index in [4.69, 9.17) is 4.74 Å². The highest BCUT2D eigenvalue weighted by Crippen LogP contribution is 2.11. The van der Waals surface area contributed by atoms with Gasteiger partial charge in [-0.3, -0.25) is 4.68 Å². The fourth-order valence-corrected chi connectivity index (χ4v) is 1.82. The smallest absolute Gasteiger partial charge is 0.492 e. The second-order valence-electron chi connectivity index (χ2n) is 4.10. The molecular weight excluding hydrogens is 231 g/mol. The summed E-state index contributed by atoms with van der Waals surface area (Å²) in [6, 6.07) is 7.23. The van der Waals surface area contributed by atoms with Gasteiger partial charge in [0.2, 0.25) is 0 Å². The first kappa shape index (κ1) is 12.7. The molecule has 2 rings (SSSR count). The minimum atomic E-state index is -1.54. The standard InChI is InChI=1S/C12H15BN2O3/c1-9-5-6-15(14-9)8-10-3-4-12(18-2)11(7-10)13(16)17/h3-7,16-17H,8H2,1-2H3. The van der Waals surface area contributed by atoms with Gasteiger partial charge in [0.1, 0.15) is 5.75 Å². The van der Waals surface area contributed by atoms with E-state index in [1.54, 1.807) is 16.8 Å². The molecule has 0 spiro atoms. The van der Waals surface area contributed by atoms with E-state index in [1.165, 1.54) is 7.11 Å². The minimum absolute atomic E-state index is 0.360. The lowest BCUT2D eigenvalue weighted by atomic mass is 9.78. The molecule has 5 nitrogen and oxygen atoms in total. The van der Waals surface area contributed by atoms with Crippen molar-refractivity contribution in [2.45, 2.75) is 13.5 Å². The summed E-state index contributed by atoms with van der Waals surface area (Å²) in [6.45, 7) is 2.50.